The van der Waals surface area contributed by atoms with E-state index in [-0.39, 0.29) is 12.0 Å². The number of amides is 1. The van der Waals surface area contributed by atoms with E-state index in [1.165, 1.54) is 11.1 Å². The summed E-state index contributed by atoms with van der Waals surface area (Å²) in [6.45, 7) is 5.54. The van der Waals surface area contributed by atoms with Crippen LogP contribution < -0.4 is 15.0 Å². The minimum absolute atomic E-state index is 0.0188. The van der Waals surface area contributed by atoms with Crippen LogP contribution in [0, 0.1) is 0 Å². The first kappa shape index (κ1) is 18.9. The zero-order valence-corrected chi connectivity index (χ0v) is 16.6. The minimum Gasteiger partial charge on any atom is -0.489 e. The molecule has 1 aliphatic heterocycles. The molecular weight excluding hydrogens is 364 g/mol. The number of aromatic nitrogens is 2. The molecule has 4 rings (SSSR count). The third kappa shape index (κ3) is 4.37. The van der Waals surface area contributed by atoms with Gasteiger partial charge in [-0.05, 0) is 43.5 Å². The van der Waals surface area contributed by atoms with E-state index in [0.29, 0.717) is 22.9 Å². The van der Waals surface area contributed by atoms with Crippen LogP contribution in [0.2, 0.25) is 0 Å². The summed E-state index contributed by atoms with van der Waals surface area (Å²) < 4.78 is 5.76. The fourth-order valence-electron chi connectivity index (χ4n) is 3.39. The Morgan fingerprint density at radius 1 is 1.03 bits per heavy atom. The molecule has 1 amide bonds. The first-order chi connectivity index (χ1) is 14.1. The lowest BCUT2D eigenvalue weighted by Gasteiger charge is -2.28. The van der Waals surface area contributed by atoms with Gasteiger partial charge in [0.25, 0.3) is 5.91 Å². The van der Waals surface area contributed by atoms with Crippen LogP contribution >= 0.6 is 0 Å². The second-order valence-electron chi connectivity index (χ2n) is 7.33. The van der Waals surface area contributed by atoms with Gasteiger partial charge in [-0.15, -0.1) is 0 Å². The molecule has 1 N–H and O–H groups in total. The highest BCUT2D eigenvalue weighted by molar-refractivity contribution is 6.04. The van der Waals surface area contributed by atoms with Crippen molar-refractivity contribution in [3.05, 3.63) is 77.6 Å². The van der Waals surface area contributed by atoms with Crippen LogP contribution in [0.25, 0.3) is 0 Å². The van der Waals surface area contributed by atoms with Gasteiger partial charge in [0.15, 0.2) is 0 Å². The van der Waals surface area contributed by atoms with E-state index in [1.54, 1.807) is 12.4 Å². The SMILES string of the molecule is CC(C)Oc1ccccc1NC(=O)c1cnc(N2CCc3ccccc3C2)nc1. The van der Waals surface area contributed by atoms with E-state index in [0.717, 1.165) is 19.5 Å². The summed E-state index contributed by atoms with van der Waals surface area (Å²) in [5, 5.41) is 2.89. The van der Waals surface area contributed by atoms with Crippen LogP contribution in [-0.2, 0) is 13.0 Å². The molecule has 2 heterocycles. The van der Waals surface area contributed by atoms with E-state index in [1.807, 2.05) is 38.1 Å². The van der Waals surface area contributed by atoms with E-state index < -0.39 is 0 Å². The number of nitrogens with zero attached hydrogens (tertiary/aromatic N) is 3. The summed E-state index contributed by atoms with van der Waals surface area (Å²) in [5.74, 6) is 1.01. The van der Waals surface area contributed by atoms with Crippen molar-refractivity contribution in [1.82, 2.24) is 9.97 Å². The zero-order chi connectivity index (χ0) is 20.2. The number of rotatable bonds is 5. The molecule has 0 aliphatic carbocycles. The van der Waals surface area contributed by atoms with Crippen molar-refractivity contribution in [3.63, 3.8) is 0 Å². The Bertz CT molecular complexity index is 1000. The van der Waals surface area contributed by atoms with Crippen molar-refractivity contribution in [2.24, 2.45) is 0 Å². The maximum atomic E-state index is 12.6. The average Bonchev–Trinajstić information content (AvgIpc) is 2.74. The van der Waals surface area contributed by atoms with Gasteiger partial charge in [-0.1, -0.05) is 36.4 Å². The topological polar surface area (TPSA) is 67.3 Å². The van der Waals surface area contributed by atoms with E-state index in [9.17, 15) is 4.79 Å². The van der Waals surface area contributed by atoms with Crippen LogP contribution in [0.4, 0.5) is 11.6 Å². The Kier molecular flexibility index (Phi) is 5.42. The Morgan fingerprint density at radius 3 is 2.48 bits per heavy atom. The summed E-state index contributed by atoms with van der Waals surface area (Å²) in [6, 6.07) is 15.8. The largest absolute Gasteiger partial charge is 0.489 e. The second-order valence-corrected chi connectivity index (χ2v) is 7.33. The minimum atomic E-state index is -0.264. The highest BCUT2D eigenvalue weighted by Crippen LogP contribution is 2.26. The number of fused-ring (bicyclic) bond motifs is 1. The molecule has 148 valence electrons. The molecule has 29 heavy (non-hydrogen) atoms. The fraction of sp³-hybridized carbons (Fsp3) is 0.261. The third-order valence-electron chi connectivity index (χ3n) is 4.81. The maximum Gasteiger partial charge on any atom is 0.258 e. The Balaban J connectivity index is 1.45. The smallest absolute Gasteiger partial charge is 0.258 e. The molecule has 0 fully saturated rings. The molecule has 6 heteroatoms. The van der Waals surface area contributed by atoms with E-state index >= 15 is 0 Å². The quantitative estimate of drug-likeness (QED) is 0.713. The number of carbonyl (C=O) groups excluding carboxylic acids is 1. The van der Waals surface area contributed by atoms with Crippen molar-refractivity contribution in [2.75, 3.05) is 16.8 Å². The molecule has 1 aliphatic rings. The van der Waals surface area contributed by atoms with Crippen LogP contribution in [0.1, 0.15) is 35.3 Å². The molecule has 1 aromatic heterocycles. The molecule has 3 aromatic rings. The second kappa shape index (κ2) is 8.31. The number of hydrogen-bond donors (Lipinski definition) is 1. The standard InChI is InChI=1S/C23H24N4O2/c1-16(2)29-21-10-6-5-9-20(21)26-22(28)19-13-24-23(25-14-19)27-12-11-17-7-3-4-8-18(17)15-27/h3-10,13-14,16H,11-12,15H2,1-2H3,(H,26,28). The number of hydrogen-bond acceptors (Lipinski definition) is 5. The Labute approximate surface area is 170 Å². The molecule has 0 radical (unpaired) electrons. The predicted molar refractivity (Wildman–Crippen MR) is 113 cm³/mol. The highest BCUT2D eigenvalue weighted by Gasteiger charge is 2.19. The third-order valence-corrected chi connectivity index (χ3v) is 4.81. The summed E-state index contributed by atoms with van der Waals surface area (Å²) >= 11 is 0. The van der Waals surface area contributed by atoms with Crippen LogP contribution in [0.15, 0.2) is 60.9 Å². The molecule has 0 bridgehead atoms. The predicted octanol–water partition coefficient (Wildman–Crippen LogP) is 4.08. The van der Waals surface area contributed by atoms with Crippen molar-refractivity contribution < 1.29 is 9.53 Å². The van der Waals surface area contributed by atoms with Gasteiger partial charge in [0, 0.05) is 25.5 Å². The van der Waals surface area contributed by atoms with Gasteiger partial charge in [-0.25, -0.2) is 9.97 Å². The summed E-state index contributed by atoms with van der Waals surface area (Å²) in [4.78, 5) is 23.6. The zero-order valence-electron chi connectivity index (χ0n) is 16.6. The van der Waals surface area contributed by atoms with Gasteiger partial charge < -0.3 is 15.0 Å². The monoisotopic (exact) mass is 388 g/mol. The molecule has 0 unspecified atom stereocenters. The number of ether oxygens (including phenoxy) is 1. The van der Waals surface area contributed by atoms with Gasteiger partial charge in [-0.2, -0.15) is 0 Å². The first-order valence-electron chi connectivity index (χ1n) is 9.81. The molecule has 0 atom stereocenters. The molecular formula is C23H24N4O2. The molecule has 0 saturated heterocycles. The number of carbonyl (C=O) groups is 1. The van der Waals surface area contributed by atoms with Gasteiger partial charge in [0.2, 0.25) is 5.95 Å². The number of nitrogens with one attached hydrogen (secondary N) is 1. The molecule has 0 saturated carbocycles. The van der Waals surface area contributed by atoms with Crippen molar-refractivity contribution in [2.45, 2.75) is 32.9 Å². The number of para-hydroxylation sites is 2. The number of benzene rings is 2. The Morgan fingerprint density at radius 2 is 1.72 bits per heavy atom. The Hall–Kier alpha value is -3.41. The molecule has 6 nitrogen and oxygen atoms in total. The summed E-state index contributed by atoms with van der Waals surface area (Å²) in [5.41, 5.74) is 3.71. The summed E-state index contributed by atoms with van der Waals surface area (Å²) in [6.07, 6.45) is 4.13. The highest BCUT2D eigenvalue weighted by atomic mass is 16.5. The normalized spacial score (nSPS) is 13.1. The lowest BCUT2D eigenvalue weighted by atomic mass is 10.0. The van der Waals surface area contributed by atoms with E-state index in [2.05, 4.69) is 44.5 Å². The lowest BCUT2D eigenvalue weighted by molar-refractivity contribution is 0.102. The molecule has 2 aromatic carbocycles. The fourth-order valence-corrected chi connectivity index (χ4v) is 3.39. The van der Waals surface area contributed by atoms with Crippen LogP contribution in [-0.4, -0.2) is 28.5 Å². The van der Waals surface area contributed by atoms with Gasteiger partial charge in [0.05, 0.1) is 17.4 Å². The van der Waals surface area contributed by atoms with Crippen LogP contribution in [0.5, 0.6) is 5.75 Å². The maximum absolute atomic E-state index is 12.6. The lowest BCUT2D eigenvalue weighted by Crippen LogP contribution is -2.31. The van der Waals surface area contributed by atoms with Gasteiger partial charge in [-0.3, -0.25) is 4.79 Å². The average molecular weight is 388 g/mol. The molecule has 0 spiro atoms. The van der Waals surface area contributed by atoms with Gasteiger partial charge >= 0.3 is 0 Å². The van der Waals surface area contributed by atoms with Crippen molar-refractivity contribution in [3.8, 4) is 5.75 Å². The van der Waals surface area contributed by atoms with Gasteiger partial charge in [0.1, 0.15) is 5.75 Å². The first-order valence-corrected chi connectivity index (χ1v) is 9.81. The van der Waals surface area contributed by atoms with Crippen molar-refractivity contribution in [1.29, 1.82) is 0 Å². The van der Waals surface area contributed by atoms with E-state index in [4.69, 9.17) is 4.74 Å². The number of anilines is 2. The van der Waals surface area contributed by atoms with Crippen molar-refractivity contribution >= 4 is 17.5 Å². The summed E-state index contributed by atoms with van der Waals surface area (Å²) in [7, 11) is 0. The van der Waals surface area contributed by atoms with Crippen LogP contribution in [0.3, 0.4) is 0 Å².